The molecule has 0 saturated carbocycles. The fraction of sp³-hybridized carbons (Fsp3) is 0.667. The second-order valence-electron chi connectivity index (χ2n) is 6.04. The van der Waals surface area contributed by atoms with Gasteiger partial charge >= 0.3 is 0 Å². The average Bonchev–Trinajstić information content (AvgIpc) is 2.35. The molecule has 0 aromatic carbocycles. The Kier molecular flexibility index (Phi) is 6.97. The molecule has 19 heavy (non-hydrogen) atoms. The van der Waals surface area contributed by atoms with Gasteiger partial charge in [-0.3, -0.25) is 0 Å². The molecule has 0 N–H and O–H groups in total. The minimum Gasteiger partial charge on any atom is -0.372 e. The SMILES string of the molecule is C=C(C)N(C/C=C/C1CCC(C)=CC1C)CCCC. The summed E-state index contributed by atoms with van der Waals surface area (Å²) >= 11 is 0. The van der Waals surface area contributed by atoms with Crippen molar-refractivity contribution in [2.24, 2.45) is 11.8 Å². The smallest absolute Gasteiger partial charge is 0.0356 e. The van der Waals surface area contributed by atoms with Gasteiger partial charge in [0.2, 0.25) is 0 Å². The molecule has 1 rings (SSSR count). The molecule has 0 aromatic rings. The highest BCUT2D eigenvalue weighted by atomic mass is 15.1. The predicted octanol–water partition coefficient (Wildman–Crippen LogP) is 5.17. The van der Waals surface area contributed by atoms with Crippen molar-refractivity contribution in [3.8, 4) is 0 Å². The molecule has 0 spiro atoms. The lowest BCUT2D eigenvalue weighted by atomic mass is 9.82. The third kappa shape index (κ3) is 5.67. The Morgan fingerprint density at radius 1 is 1.53 bits per heavy atom. The Morgan fingerprint density at radius 3 is 2.84 bits per heavy atom. The minimum absolute atomic E-state index is 0.693. The van der Waals surface area contributed by atoms with Crippen molar-refractivity contribution in [2.45, 2.75) is 53.4 Å². The molecule has 1 aliphatic carbocycles. The van der Waals surface area contributed by atoms with E-state index in [1.165, 1.54) is 31.4 Å². The van der Waals surface area contributed by atoms with Crippen molar-refractivity contribution < 1.29 is 0 Å². The molecule has 108 valence electrons. The highest BCUT2D eigenvalue weighted by molar-refractivity contribution is 5.10. The van der Waals surface area contributed by atoms with Crippen molar-refractivity contribution in [2.75, 3.05) is 13.1 Å². The van der Waals surface area contributed by atoms with E-state index in [1.54, 1.807) is 5.57 Å². The standard InChI is InChI=1S/C18H31N/c1-6-7-12-19(15(2)3)13-8-9-18-11-10-16(4)14-17(18)5/h8-9,14,17-18H,2,6-7,10-13H2,1,3-5H3/b9-8+. The molecule has 0 bridgehead atoms. The van der Waals surface area contributed by atoms with Gasteiger partial charge in [-0.1, -0.05) is 50.6 Å². The van der Waals surface area contributed by atoms with Crippen LogP contribution in [0.25, 0.3) is 0 Å². The Labute approximate surface area is 120 Å². The van der Waals surface area contributed by atoms with Crippen LogP contribution in [0.5, 0.6) is 0 Å². The van der Waals surface area contributed by atoms with Gasteiger partial charge in [0.1, 0.15) is 0 Å². The fourth-order valence-corrected chi connectivity index (χ4v) is 2.73. The lowest BCUT2D eigenvalue weighted by Crippen LogP contribution is -2.22. The number of unbranched alkanes of at least 4 members (excludes halogenated alkanes) is 1. The maximum Gasteiger partial charge on any atom is 0.0356 e. The fourth-order valence-electron chi connectivity index (χ4n) is 2.73. The molecule has 0 amide bonds. The zero-order chi connectivity index (χ0) is 14.3. The molecule has 1 nitrogen and oxygen atoms in total. The van der Waals surface area contributed by atoms with Gasteiger partial charge in [0, 0.05) is 18.8 Å². The van der Waals surface area contributed by atoms with E-state index in [2.05, 4.69) is 57.4 Å². The molecule has 0 saturated heterocycles. The van der Waals surface area contributed by atoms with Crippen molar-refractivity contribution in [1.29, 1.82) is 0 Å². The maximum absolute atomic E-state index is 4.08. The van der Waals surface area contributed by atoms with Crippen molar-refractivity contribution in [3.63, 3.8) is 0 Å². The number of hydrogen-bond donors (Lipinski definition) is 0. The van der Waals surface area contributed by atoms with E-state index in [0.29, 0.717) is 5.92 Å². The van der Waals surface area contributed by atoms with Gasteiger partial charge in [-0.2, -0.15) is 0 Å². The average molecular weight is 261 g/mol. The van der Waals surface area contributed by atoms with Gasteiger partial charge in [0.25, 0.3) is 0 Å². The normalized spacial score (nSPS) is 23.5. The minimum atomic E-state index is 0.693. The second kappa shape index (κ2) is 8.24. The molecule has 0 heterocycles. The van der Waals surface area contributed by atoms with Gasteiger partial charge in [0.15, 0.2) is 0 Å². The van der Waals surface area contributed by atoms with E-state index in [0.717, 1.165) is 19.0 Å². The molecule has 0 aliphatic heterocycles. The van der Waals surface area contributed by atoms with Gasteiger partial charge < -0.3 is 4.90 Å². The van der Waals surface area contributed by atoms with Crippen LogP contribution in [0.2, 0.25) is 0 Å². The first-order valence-electron chi connectivity index (χ1n) is 7.79. The van der Waals surface area contributed by atoms with Crippen LogP contribution in [-0.4, -0.2) is 18.0 Å². The summed E-state index contributed by atoms with van der Waals surface area (Å²) < 4.78 is 0. The van der Waals surface area contributed by atoms with Crippen LogP contribution >= 0.6 is 0 Å². The van der Waals surface area contributed by atoms with Crippen molar-refractivity contribution in [1.82, 2.24) is 4.90 Å². The highest BCUT2D eigenvalue weighted by Gasteiger charge is 2.16. The molecule has 2 atom stereocenters. The Bertz CT molecular complexity index is 338. The number of hydrogen-bond acceptors (Lipinski definition) is 1. The highest BCUT2D eigenvalue weighted by Crippen LogP contribution is 2.29. The summed E-state index contributed by atoms with van der Waals surface area (Å²) in [4.78, 5) is 2.38. The van der Waals surface area contributed by atoms with Crippen molar-refractivity contribution in [3.05, 3.63) is 36.1 Å². The van der Waals surface area contributed by atoms with E-state index in [-0.39, 0.29) is 0 Å². The van der Waals surface area contributed by atoms with Gasteiger partial charge in [-0.15, -0.1) is 0 Å². The first-order valence-corrected chi connectivity index (χ1v) is 7.79. The topological polar surface area (TPSA) is 3.24 Å². The number of allylic oxidation sites excluding steroid dienone is 4. The largest absolute Gasteiger partial charge is 0.372 e. The summed E-state index contributed by atoms with van der Waals surface area (Å²) in [6, 6.07) is 0. The Balaban J connectivity index is 2.45. The molecule has 1 heteroatoms. The molecule has 2 unspecified atom stereocenters. The van der Waals surface area contributed by atoms with E-state index < -0.39 is 0 Å². The van der Waals surface area contributed by atoms with Crippen LogP contribution in [0.3, 0.4) is 0 Å². The van der Waals surface area contributed by atoms with Crippen LogP contribution in [0, 0.1) is 11.8 Å². The quantitative estimate of drug-likeness (QED) is 0.571. The van der Waals surface area contributed by atoms with E-state index in [1.807, 2.05) is 0 Å². The zero-order valence-corrected chi connectivity index (χ0v) is 13.3. The lowest BCUT2D eigenvalue weighted by molar-refractivity contribution is 0.371. The zero-order valence-electron chi connectivity index (χ0n) is 13.3. The number of nitrogens with zero attached hydrogens (tertiary/aromatic N) is 1. The van der Waals surface area contributed by atoms with Crippen LogP contribution in [0.1, 0.15) is 53.4 Å². The second-order valence-corrected chi connectivity index (χ2v) is 6.04. The van der Waals surface area contributed by atoms with Gasteiger partial charge in [-0.25, -0.2) is 0 Å². The Hall–Kier alpha value is -0.980. The van der Waals surface area contributed by atoms with Gasteiger partial charge in [0.05, 0.1) is 0 Å². The molecule has 0 radical (unpaired) electrons. The summed E-state index contributed by atoms with van der Waals surface area (Å²) in [5.41, 5.74) is 2.74. The third-order valence-corrected chi connectivity index (χ3v) is 4.13. The van der Waals surface area contributed by atoms with E-state index in [4.69, 9.17) is 0 Å². The summed E-state index contributed by atoms with van der Waals surface area (Å²) in [5.74, 6) is 1.42. The van der Waals surface area contributed by atoms with Crippen LogP contribution in [0.15, 0.2) is 36.1 Å². The molecule has 0 fully saturated rings. The number of rotatable bonds is 7. The summed E-state index contributed by atoms with van der Waals surface area (Å²) in [5, 5.41) is 0. The first-order chi connectivity index (χ1) is 9.04. The van der Waals surface area contributed by atoms with Gasteiger partial charge in [-0.05, 0) is 44.9 Å². The van der Waals surface area contributed by atoms with E-state index >= 15 is 0 Å². The predicted molar refractivity (Wildman–Crippen MR) is 86.1 cm³/mol. The van der Waals surface area contributed by atoms with Crippen LogP contribution in [-0.2, 0) is 0 Å². The summed E-state index contributed by atoms with van der Waals surface area (Å²) in [7, 11) is 0. The molecule has 1 aliphatic rings. The summed E-state index contributed by atoms with van der Waals surface area (Å²) in [6.45, 7) is 15.2. The Morgan fingerprint density at radius 2 is 2.26 bits per heavy atom. The molecule has 0 aromatic heterocycles. The van der Waals surface area contributed by atoms with Crippen LogP contribution in [0.4, 0.5) is 0 Å². The van der Waals surface area contributed by atoms with Crippen LogP contribution < -0.4 is 0 Å². The van der Waals surface area contributed by atoms with Crippen molar-refractivity contribution >= 4 is 0 Å². The monoisotopic (exact) mass is 261 g/mol. The first kappa shape index (κ1) is 16.1. The summed E-state index contributed by atoms with van der Waals surface area (Å²) in [6.07, 6.45) is 12.3. The molecular formula is C18H31N. The maximum atomic E-state index is 4.08. The molecular weight excluding hydrogens is 230 g/mol. The lowest BCUT2D eigenvalue weighted by Gasteiger charge is -2.26. The third-order valence-electron chi connectivity index (χ3n) is 4.13. The van der Waals surface area contributed by atoms with E-state index in [9.17, 15) is 0 Å².